The van der Waals surface area contributed by atoms with Crippen molar-refractivity contribution in [2.75, 3.05) is 12.8 Å². The highest BCUT2D eigenvalue weighted by atomic mass is 16.5. The van der Waals surface area contributed by atoms with E-state index in [4.69, 9.17) is 10.5 Å². The van der Waals surface area contributed by atoms with Crippen molar-refractivity contribution in [3.05, 3.63) is 34.5 Å². The van der Waals surface area contributed by atoms with Gasteiger partial charge in [0, 0.05) is 5.92 Å². The normalized spacial score (nSPS) is 22.1. The van der Waals surface area contributed by atoms with Crippen LogP contribution in [0.3, 0.4) is 0 Å². The van der Waals surface area contributed by atoms with Crippen molar-refractivity contribution in [3.63, 3.8) is 0 Å². The highest BCUT2D eigenvalue weighted by Crippen LogP contribution is 2.35. The molecular weight excluding hydrogens is 234 g/mol. The Bertz CT molecular complexity index is 562. The molecule has 0 radical (unpaired) electrons. The fourth-order valence-corrected chi connectivity index (χ4v) is 2.26. The molecule has 0 amide bonds. The Hall–Kier alpha value is -2.11. The molecule has 1 aliphatic heterocycles. The number of rotatable bonds is 2. The van der Waals surface area contributed by atoms with E-state index in [9.17, 15) is 9.59 Å². The second-order valence-electron chi connectivity index (χ2n) is 4.15. The first-order valence-electron chi connectivity index (χ1n) is 5.67. The number of nitrogen functional groups attached to an aromatic ring is 1. The Morgan fingerprint density at radius 3 is 3.00 bits per heavy atom. The number of esters is 1. The number of hydrogen-bond acceptors (Lipinski definition) is 5. The Morgan fingerprint density at radius 2 is 2.39 bits per heavy atom. The lowest BCUT2D eigenvalue weighted by Gasteiger charge is -2.11. The van der Waals surface area contributed by atoms with E-state index in [1.807, 2.05) is 19.1 Å². The number of aromatic nitrogens is 2. The number of ether oxygens (including phenoxy) is 1. The van der Waals surface area contributed by atoms with Gasteiger partial charge in [-0.05, 0) is 13.3 Å². The number of carbonyl (C=O) groups is 1. The van der Waals surface area contributed by atoms with Crippen LogP contribution in [0.15, 0.2) is 23.1 Å². The molecule has 96 valence electrons. The van der Waals surface area contributed by atoms with E-state index in [2.05, 4.69) is 4.98 Å². The van der Waals surface area contributed by atoms with Crippen LogP contribution >= 0.6 is 0 Å². The summed E-state index contributed by atoms with van der Waals surface area (Å²) in [5.41, 5.74) is 5.20. The zero-order valence-electron chi connectivity index (χ0n) is 10.3. The van der Waals surface area contributed by atoms with Gasteiger partial charge in [-0.15, -0.1) is 0 Å². The van der Waals surface area contributed by atoms with E-state index >= 15 is 0 Å². The van der Waals surface area contributed by atoms with Crippen molar-refractivity contribution in [1.82, 2.24) is 9.55 Å². The molecule has 1 aromatic rings. The average Bonchev–Trinajstić information content (AvgIpc) is 2.73. The van der Waals surface area contributed by atoms with Crippen LogP contribution in [-0.4, -0.2) is 22.6 Å². The largest absolute Gasteiger partial charge is 0.467 e. The second-order valence-corrected chi connectivity index (χ2v) is 4.15. The molecule has 0 aromatic carbocycles. The minimum Gasteiger partial charge on any atom is -0.467 e. The number of nitrogens with zero attached hydrogens (tertiary/aromatic N) is 2. The summed E-state index contributed by atoms with van der Waals surface area (Å²) in [7, 11) is 1.30. The van der Waals surface area contributed by atoms with Crippen molar-refractivity contribution in [1.29, 1.82) is 0 Å². The van der Waals surface area contributed by atoms with Gasteiger partial charge in [0.2, 0.25) is 0 Å². The summed E-state index contributed by atoms with van der Waals surface area (Å²) in [5.74, 6) is 0.0489. The van der Waals surface area contributed by atoms with Gasteiger partial charge in [0.25, 0.3) is 5.56 Å². The van der Waals surface area contributed by atoms with E-state index in [0.29, 0.717) is 12.2 Å². The van der Waals surface area contributed by atoms with Gasteiger partial charge >= 0.3 is 5.97 Å². The SMILES string of the molecule is C/C=C/C1C[C@@H](C(=O)OC)n2c1ncc(N)c2=O. The summed E-state index contributed by atoms with van der Waals surface area (Å²) in [6, 6.07) is -0.644. The zero-order valence-corrected chi connectivity index (χ0v) is 10.3. The first kappa shape index (κ1) is 12.3. The molecule has 0 saturated heterocycles. The van der Waals surface area contributed by atoms with Crippen molar-refractivity contribution in [2.45, 2.75) is 25.3 Å². The van der Waals surface area contributed by atoms with Crippen molar-refractivity contribution >= 4 is 11.7 Å². The van der Waals surface area contributed by atoms with Crippen LogP contribution in [0.2, 0.25) is 0 Å². The van der Waals surface area contributed by atoms with Gasteiger partial charge in [0.1, 0.15) is 17.6 Å². The molecule has 0 spiro atoms. The number of nitrogens with two attached hydrogens (primary N) is 1. The van der Waals surface area contributed by atoms with E-state index in [-0.39, 0.29) is 17.2 Å². The predicted octanol–water partition coefficient (Wildman–Crippen LogP) is 0.603. The van der Waals surface area contributed by atoms with Crippen LogP contribution in [0.1, 0.15) is 31.1 Å². The first-order valence-corrected chi connectivity index (χ1v) is 5.67. The number of allylic oxidation sites excluding steroid dienone is 2. The molecule has 0 aliphatic carbocycles. The summed E-state index contributed by atoms with van der Waals surface area (Å²) >= 11 is 0. The predicted molar refractivity (Wildman–Crippen MR) is 66.1 cm³/mol. The van der Waals surface area contributed by atoms with Crippen LogP contribution < -0.4 is 11.3 Å². The first-order chi connectivity index (χ1) is 8.60. The molecular formula is C12H15N3O3. The number of carbonyl (C=O) groups excluding carboxylic acids is 1. The Kier molecular flexibility index (Phi) is 3.18. The van der Waals surface area contributed by atoms with E-state index in [0.717, 1.165) is 0 Å². The van der Waals surface area contributed by atoms with Crippen molar-refractivity contribution in [2.24, 2.45) is 0 Å². The molecule has 6 heteroatoms. The van der Waals surface area contributed by atoms with Crippen molar-refractivity contribution in [3.8, 4) is 0 Å². The fraction of sp³-hybridized carbons (Fsp3) is 0.417. The highest BCUT2D eigenvalue weighted by Gasteiger charge is 2.37. The minimum atomic E-state index is -0.644. The maximum atomic E-state index is 12.0. The van der Waals surface area contributed by atoms with Crippen molar-refractivity contribution < 1.29 is 9.53 Å². The van der Waals surface area contributed by atoms with E-state index in [1.54, 1.807) is 0 Å². The molecule has 0 fully saturated rings. The lowest BCUT2D eigenvalue weighted by atomic mass is 10.0. The number of hydrogen-bond donors (Lipinski definition) is 1. The molecule has 18 heavy (non-hydrogen) atoms. The lowest BCUT2D eigenvalue weighted by Crippen LogP contribution is -2.30. The van der Waals surface area contributed by atoms with Gasteiger partial charge in [0.05, 0.1) is 13.3 Å². The zero-order chi connectivity index (χ0) is 13.3. The molecule has 0 bridgehead atoms. The number of fused-ring (bicyclic) bond motifs is 1. The third-order valence-electron chi connectivity index (χ3n) is 3.07. The Morgan fingerprint density at radius 1 is 1.67 bits per heavy atom. The monoisotopic (exact) mass is 249 g/mol. The van der Waals surface area contributed by atoms with Crippen LogP contribution in [0, 0.1) is 0 Å². The Balaban J connectivity index is 2.58. The minimum absolute atomic E-state index is 0.0359. The van der Waals surface area contributed by atoms with Gasteiger partial charge in [-0.25, -0.2) is 9.78 Å². The smallest absolute Gasteiger partial charge is 0.329 e. The second kappa shape index (κ2) is 4.64. The molecule has 2 heterocycles. The molecule has 1 unspecified atom stereocenters. The summed E-state index contributed by atoms with van der Waals surface area (Å²) in [5, 5.41) is 0. The summed E-state index contributed by atoms with van der Waals surface area (Å²) < 4.78 is 6.06. The van der Waals surface area contributed by atoms with Crippen LogP contribution in [0.5, 0.6) is 0 Å². The topological polar surface area (TPSA) is 87.2 Å². The van der Waals surface area contributed by atoms with Crippen LogP contribution in [-0.2, 0) is 9.53 Å². The molecule has 1 aromatic heterocycles. The van der Waals surface area contributed by atoms with Gasteiger partial charge in [-0.3, -0.25) is 9.36 Å². The van der Waals surface area contributed by atoms with E-state index < -0.39 is 12.0 Å². The van der Waals surface area contributed by atoms with Gasteiger partial charge in [0.15, 0.2) is 0 Å². The Labute approximate surface area is 104 Å². The molecule has 2 atom stereocenters. The summed E-state index contributed by atoms with van der Waals surface area (Å²) in [6.45, 7) is 1.88. The van der Waals surface area contributed by atoms with Gasteiger partial charge in [-0.1, -0.05) is 12.2 Å². The summed E-state index contributed by atoms with van der Waals surface area (Å²) in [4.78, 5) is 27.9. The van der Waals surface area contributed by atoms with E-state index in [1.165, 1.54) is 17.9 Å². The number of methoxy groups -OCH3 is 1. The number of anilines is 1. The summed E-state index contributed by atoms with van der Waals surface area (Å²) in [6.07, 6.45) is 5.60. The quantitative estimate of drug-likeness (QED) is 0.612. The molecule has 1 aliphatic rings. The van der Waals surface area contributed by atoms with Gasteiger partial charge in [-0.2, -0.15) is 0 Å². The standard InChI is InChI=1S/C12H15N3O3/c1-3-4-7-5-9(12(17)18-2)15-10(7)14-6-8(13)11(15)16/h3-4,6-7,9H,5,13H2,1-2H3/b4-3+/t7?,9-/m0/s1. The van der Waals surface area contributed by atoms with Gasteiger partial charge < -0.3 is 10.5 Å². The molecule has 6 nitrogen and oxygen atoms in total. The molecule has 2 N–H and O–H groups in total. The lowest BCUT2D eigenvalue weighted by molar-refractivity contribution is -0.144. The third kappa shape index (κ3) is 1.79. The maximum absolute atomic E-state index is 12.0. The molecule has 0 saturated carbocycles. The average molecular weight is 249 g/mol. The highest BCUT2D eigenvalue weighted by molar-refractivity contribution is 5.75. The van der Waals surface area contributed by atoms with Crippen LogP contribution in [0.25, 0.3) is 0 Å². The van der Waals surface area contributed by atoms with Crippen LogP contribution in [0.4, 0.5) is 5.69 Å². The molecule has 2 rings (SSSR count). The fourth-order valence-electron chi connectivity index (χ4n) is 2.26. The third-order valence-corrected chi connectivity index (χ3v) is 3.07. The maximum Gasteiger partial charge on any atom is 0.329 e.